The molecule has 4 heterocycles. The number of aromatic nitrogens is 1. The maximum atomic E-state index is 13.6. The summed E-state index contributed by atoms with van der Waals surface area (Å²) in [4.78, 5) is 24.3. The Morgan fingerprint density at radius 3 is 2.35 bits per heavy atom. The molecule has 2 aliphatic heterocycles. The molecule has 0 radical (unpaired) electrons. The van der Waals surface area contributed by atoms with Crippen LogP contribution in [0.4, 0.5) is 16.1 Å². The second-order valence-corrected chi connectivity index (χ2v) is 13.6. The molecular weight excluding hydrogens is 559 g/mol. The molecule has 0 spiro atoms. The molecule has 6 heteroatoms. The predicted octanol–water partition coefficient (Wildman–Crippen LogP) is 7.32. The summed E-state index contributed by atoms with van der Waals surface area (Å²) in [5, 5.41) is 9.76. The summed E-state index contributed by atoms with van der Waals surface area (Å²) in [6, 6.07) is 22.3. The second kappa shape index (κ2) is 8.26. The third-order valence-corrected chi connectivity index (χ3v) is 10.8. The number of benzene rings is 2. The number of hydrogen-bond donors (Lipinski definition) is 0. The fourth-order valence-corrected chi connectivity index (χ4v) is 9.17. The molecule has 0 saturated heterocycles. The van der Waals surface area contributed by atoms with Crippen LogP contribution in [0.3, 0.4) is 0 Å². The number of nitrogens with zero attached hydrogens (tertiary/aromatic N) is 4. The summed E-state index contributed by atoms with van der Waals surface area (Å²) in [6.45, 7) is 16.7. The molecule has 192 valence electrons. The molecule has 2 aromatic heterocycles. The molecule has 0 atom stereocenters. The van der Waals surface area contributed by atoms with Crippen LogP contribution >= 0.6 is 0 Å². The summed E-state index contributed by atoms with van der Waals surface area (Å²) >= 11 is -0.133. The Labute approximate surface area is 239 Å². The zero-order chi connectivity index (χ0) is 28.0. The van der Waals surface area contributed by atoms with Crippen molar-refractivity contribution in [3.63, 3.8) is 0 Å². The first-order chi connectivity index (χ1) is 19.2. The van der Waals surface area contributed by atoms with Crippen LogP contribution in [0.15, 0.2) is 78.1 Å². The Morgan fingerprint density at radius 1 is 0.975 bits per heavy atom. The number of Topliss-reactive ketones (excluding diaryl/α,β-unsaturated/α-hetero) is 1. The minimum absolute atomic E-state index is 0.0536. The topological polar surface area (TPSA) is 61.4 Å². The quantitative estimate of drug-likeness (QED) is 0.102. The van der Waals surface area contributed by atoms with Crippen molar-refractivity contribution < 1.29 is 4.79 Å². The van der Waals surface area contributed by atoms with Gasteiger partial charge in [-0.3, -0.25) is 0 Å². The van der Waals surface area contributed by atoms with E-state index in [1.807, 2.05) is 42.6 Å². The number of nitriles is 1. The van der Waals surface area contributed by atoms with Crippen LogP contribution in [0.1, 0.15) is 70.3 Å². The number of anilines is 3. The molecule has 0 bridgehead atoms. The standard InChI is InChI=1S/C34H24N4OSe/c1-33(2)23-12-8-13-24-29(23)38(31-25(33)14-9-15-37-31)32-26(34(24,3)4)17-19(40-32)16-22-28(27(18-35)36-5)20-10-6-7-11-21(20)30(22)39/h6-17H,1-4H3/b22-16-,28-27?. The van der Waals surface area contributed by atoms with E-state index in [0.29, 0.717) is 22.3 Å². The number of pyridine rings is 1. The first-order valence-electron chi connectivity index (χ1n) is 13.1. The molecule has 0 saturated carbocycles. The molecular formula is C34H24N4OSe. The fraction of sp³-hybridized carbons (Fsp3) is 0.176. The third kappa shape index (κ3) is 3.07. The molecule has 1 aliphatic carbocycles. The van der Waals surface area contributed by atoms with Crippen LogP contribution in [-0.4, -0.2) is 25.3 Å². The zero-order valence-corrected chi connectivity index (χ0v) is 24.2. The van der Waals surface area contributed by atoms with Crippen molar-refractivity contribution in [1.82, 2.24) is 4.98 Å². The van der Waals surface area contributed by atoms with Gasteiger partial charge in [0.1, 0.15) is 0 Å². The van der Waals surface area contributed by atoms with E-state index in [4.69, 9.17) is 11.6 Å². The van der Waals surface area contributed by atoms with Crippen molar-refractivity contribution in [1.29, 1.82) is 5.26 Å². The molecule has 0 amide bonds. The Bertz CT molecular complexity index is 1940. The monoisotopic (exact) mass is 584 g/mol. The molecule has 40 heavy (non-hydrogen) atoms. The van der Waals surface area contributed by atoms with Gasteiger partial charge in [-0.05, 0) is 0 Å². The Hall–Kier alpha value is -4.48. The van der Waals surface area contributed by atoms with Gasteiger partial charge in [-0.1, -0.05) is 0 Å². The van der Waals surface area contributed by atoms with Crippen molar-refractivity contribution in [3.8, 4) is 6.07 Å². The summed E-state index contributed by atoms with van der Waals surface area (Å²) in [6.07, 6.45) is 3.79. The van der Waals surface area contributed by atoms with E-state index in [9.17, 15) is 10.1 Å². The van der Waals surface area contributed by atoms with Gasteiger partial charge in [0.25, 0.3) is 0 Å². The number of fused-ring (bicyclic) bond motifs is 5. The van der Waals surface area contributed by atoms with Crippen LogP contribution in [0.25, 0.3) is 16.5 Å². The normalized spacial score (nSPS) is 19.2. The predicted molar refractivity (Wildman–Crippen MR) is 158 cm³/mol. The second-order valence-electron chi connectivity index (χ2n) is 11.4. The van der Waals surface area contributed by atoms with Gasteiger partial charge < -0.3 is 0 Å². The van der Waals surface area contributed by atoms with E-state index in [1.54, 1.807) is 6.07 Å². The van der Waals surface area contributed by atoms with Crippen LogP contribution in [-0.2, 0) is 10.8 Å². The summed E-state index contributed by atoms with van der Waals surface area (Å²) in [7, 11) is 0. The molecule has 4 aromatic rings. The molecule has 0 fully saturated rings. The molecule has 2 aromatic carbocycles. The number of hydrogen-bond acceptors (Lipinski definition) is 4. The van der Waals surface area contributed by atoms with Gasteiger partial charge in [-0.25, -0.2) is 0 Å². The zero-order valence-electron chi connectivity index (χ0n) is 22.5. The average Bonchev–Trinajstić information content (AvgIpc) is 3.50. The SMILES string of the molecule is [C-]#[N+]C(C#N)=C1/C(=C/c2cc3c([se]2)N2c4ncccc4C(C)(C)c4cccc(c42)C3(C)C)C(=O)c2ccccc21. The van der Waals surface area contributed by atoms with Gasteiger partial charge >= 0.3 is 240 Å². The van der Waals surface area contributed by atoms with E-state index >= 15 is 0 Å². The molecule has 5 nitrogen and oxygen atoms in total. The third-order valence-electron chi connectivity index (χ3n) is 8.58. The molecule has 0 unspecified atom stereocenters. The number of rotatable bonds is 1. The first kappa shape index (κ1) is 24.6. The Morgan fingerprint density at radius 2 is 1.65 bits per heavy atom. The first-order valence-corrected chi connectivity index (χ1v) is 14.8. The van der Waals surface area contributed by atoms with Crippen LogP contribution in [0.5, 0.6) is 0 Å². The number of ketones is 1. The number of carbonyl (C=O) groups is 1. The Kier molecular flexibility index (Phi) is 5.07. The van der Waals surface area contributed by atoms with Gasteiger partial charge in [-0.2, -0.15) is 0 Å². The molecule has 3 aliphatic rings. The Balaban J connectivity index is 1.48. The van der Waals surface area contributed by atoms with Gasteiger partial charge in [0.15, 0.2) is 0 Å². The van der Waals surface area contributed by atoms with E-state index < -0.39 is 0 Å². The van der Waals surface area contributed by atoms with Gasteiger partial charge in [0.05, 0.1) is 0 Å². The van der Waals surface area contributed by atoms with Gasteiger partial charge in [0, 0.05) is 0 Å². The maximum absolute atomic E-state index is 13.6. The van der Waals surface area contributed by atoms with Crippen LogP contribution in [0, 0.1) is 17.9 Å². The summed E-state index contributed by atoms with van der Waals surface area (Å²) in [5.74, 6) is 0.824. The van der Waals surface area contributed by atoms with E-state index in [0.717, 1.165) is 10.3 Å². The van der Waals surface area contributed by atoms with Crippen molar-refractivity contribution in [2.24, 2.45) is 0 Å². The van der Waals surface area contributed by atoms with E-state index in [2.05, 4.69) is 67.8 Å². The van der Waals surface area contributed by atoms with E-state index in [1.165, 1.54) is 32.5 Å². The van der Waals surface area contributed by atoms with Crippen molar-refractivity contribution in [3.05, 3.63) is 127 Å². The summed E-state index contributed by atoms with van der Waals surface area (Å²) in [5.41, 5.74) is 7.74. The van der Waals surface area contributed by atoms with Crippen molar-refractivity contribution in [2.75, 3.05) is 4.90 Å². The van der Waals surface area contributed by atoms with Gasteiger partial charge in [-0.15, -0.1) is 0 Å². The number of carbonyl (C=O) groups excluding carboxylic acids is 1. The molecule has 0 N–H and O–H groups in total. The number of allylic oxidation sites excluding steroid dienone is 3. The van der Waals surface area contributed by atoms with Crippen molar-refractivity contribution in [2.45, 2.75) is 38.5 Å². The van der Waals surface area contributed by atoms with Crippen molar-refractivity contribution >= 4 is 48.0 Å². The summed E-state index contributed by atoms with van der Waals surface area (Å²) < 4.78 is 2.26. The van der Waals surface area contributed by atoms with Crippen LogP contribution < -0.4 is 4.90 Å². The molecule has 7 rings (SSSR count). The fourth-order valence-electron chi connectivity index (χ4n) is 6.51. The minimum atomic E-state index is -0.253. The van der Waals surface area contributed by atoms with Crippen LogP contribution in [0.2, 0.25) is 0 Å². The average molecular weight is 584 g/mol. The van der Waals surface area contributed by atoms with E-state index in [-0.39, 0.29) is 36.8 Å². The van der Waals surface area contributed by atoms with Gasteiger partial charge in [0.2, 0.25) is 0 Å². The number of para-hydroxylation sites is 1.